The van der Waals surface area contributed by atoms with Crippen molar-refractivity contribution in [2.75, 3.05) is 24.5 Å². The Labute approximate surface area is 173 Å². The van der Waals surface area contributed by atoms with Crippen molar-refractivity contribution < 1.29 is 4.79 Å². The predicted molar refractivity (Wildman–Crippen MR) is 110 cm³/mol. The molecule has 1 amide bonds. The van der Waals surface area contributed by atoms with E-state index in [0.29, 0.717) is 18.9 Å². The number of nitrogens with zero attached hydrogens (tertiary/aromatic N) is 6. The topological polar surface area (TPSA) is 88.8 Å². The molecule has 0 spiro atoms. The lowest BCUT2D eigenvalue weighted by Crippen LogP contribution is -2.43. The minimum Gasteiger partial charge on any atom is -0.356 e. The summed E-state index contributed by atoms with van der Waals surface area (Å²) in [5, 5.41) is 7.89. The molecule has 0 radical (unpaired) electrons. The molecule has 1 saturated heterocycles. The van der Waals surface area contributed by atoms with Gasteiger partial charge in [0.15, 0.2) is 5.82 Å². The smallest absolute Gasteiger partial charge is 0.224 e. The van der Waals surface area contributed by atoms with Crippen LogP contribution in [0.2, 0.25) is 5.02 Å². The summed E-state index contributed by atoms with van der Waals surface area (Å²) in [5.41, 5.74) is 1.15. The van der Waals surface area contributed by atoms with Crippen LogP contribution in [0.4, 0.5) is 5.82 Å². The van der Waals surface area contributed by atoms with Gasteiger partial charge in [-0.1, -0.05) is 23.7 Å². The number of halogens is 1. The van der Waals surface area contributed by atoms with E-state index in [1.165, 1.54) is 12.7 Å². The molecule has 1 N–H and O–H groups in total. The van der Waals surface area contributed by atoms with Crippen molar-refractivity contribution in [2.45, 2.75) is 19.3 Å². The Morgan fingerprint density at radius 3 is 2.79 bits per heavy atom. The molecular weight excluding hydrogens is 390 g/mol. The number of anilines is 1. The van der Waals surface area contributed by atoms with Gasteiger partial charge in [0.25, 0.3) is 0 Å². The average molecular weight is 412 g/mol. The van der Waals surface area contributed by atoms with E-state index in [9.17, 15) is 4.79 Å². The average Bonchev–Trinajstić information content (AvgIpc) is 3.30. The lowest BCUT2D eigenvalue weighted by Gasteiger charge is -2.32. The first-order valence-corrected chi connectivity index (χ1v) is 10.0. The molecule has 8 nitrogen and oxygen atoms in total. The molecular formula is C20H22ClN7O. The van der Waals surface area contributed by atoms with Gasteiger partial charge in [0.2, 0.25) is 5.91 Å². The molecule has 0 unspecified atom stereocenters. The van der Waals surface area contributed by atoms with E-state index >= 15 is 0 Å². The van der Waals surface area contributed by atoms with E-state index in [1.807, 2.05) is 30.3 Å². The first-order valence-electron chi connectivity index (χ1n) is 9.63. The molecule has 3 aromatic rings. The second-order valence-corrected chi connectivity index (χ2v) is 7.46. The number of hydrogen-bond donors (Lipinski definition) is 1. The third kappa shape index (κ3) is 4.89. The Morgan fingerprint density at radius 2 is 2.00 bits per heavy atom. The first-order chi connectivity index (χ1) is 14.2. The zero-order chi connectivity index (χ0) is 20.1. The number of carbonyl (C=O) groups is 1. The van der Waals surface area contributed by atoms with E-state index in [2.05, 4.69) is 30.3 Å². The van der Waals surface area contributed by atoms with Crippen LogP contribution < -0.4 is 10.2 Å². The molecule has 3 heterocycles. The molecule has 2 aromatic heterocycles. The van der Waals surface area contributed by atoms with Gasteiger partial charge in [0.1, 0.15) is 24.8 Å². The van der Waals surface area contributed by atoms with Crippen molar-refractivity contribution in [3.05, 3.63) is 59.9 Å². The van der Waals surface area contributed by atoms with Crippen LogP contribution >= 0.6 is 11.6 Å². The van der Waals surface area contributed by atoms with Gasteiger partial charge in [-0.3, -0.25) is 4.79 Å². The van der Waals surface area contributed by atoms with Gasteiger partial charge in [0, 0.05) is 30.7 Å². The van der Waals surface area contributed by atoms with Crippen LogP contribution in [-0.2, 0) is 11.2 Å². The van der Waals surface area contributed by atoms with Crippen LogP contribution in [0.15, 0.2) is 49.3 Å². The van der Waals surface area contributed by atoms with Crippen LogP contribution in [0, 0.1) is 5.92 Å². The summed E-state index contributed by atoms with van der Waals surface area (Å²) in [4.78, 5) is 27.4. The van der Waals surface area contributed by atoms with Gasteiger partial charge in [-0.25, -0.2) is 19.6 Å². The summed E-state index contributed by atoms with van der Waals surface area (Å²) in [7, 11) is 0. The second kappa shape index (κ2) is 9.00. The number of piperidine rings is 1. The summed E-state index contributed by atoms with van der Waals surface area (Å²) >= 11 is 5.91. The van der Waals surface area contributed by atoms with E-state index in [-0.39, 0.29) is 11.8 Å². The number of benzene rings is 1. The normalized spacial score (nSPS) is 16.6. The maximum atomic E-state index is 12.7. The molecule has 0 saturated carbocycles. The quantitative estimate of drug-likeness (QED) is 0.669. The third-order valence-electron chi connectivity index (χ3n) is 5.03. The maximum Gasteiger partial charge on any atom is 0.224 e. The Kier molecular flexibility index (Phi) is 6.00. The highest BCUT2D eigenvalue weighted by atomic mass is 35.5. The van der Waals surface area contributed by atoms with Crippen LogP contribution in [-0.4, -0.2) is 50.3 Å². The van der Waals surface area contributed by atoms with Crippen molar-refractivity contribution in [3.63, 3.8) is 0 Å². The SMILES string of the molecule is O=C(NCCc1ccc(Cl)cc1)[C@H]1CCCN(c2cc(-n3cncn3)ncn2)C1. The molecule has 1 aliphatic heterocycles. The van der Waals surface area contributed by atoms with Crippen molar-refractivity contribution >= 4 is 23.3 Å². The fourth-order valence-corrected chi connectivity index (χ4v) is 3.61. The zero-order valence-corrected chi connectivity index (χ0v) is 16.7. The van der Waals surface area contributed by atoms with E-state index in [4.69, 9.17) is 11.6 Å². The number of aromatic nitrogens is 5. The zero-order valence-electron chi connectivity index (χ0n) is 15.9. The van der Waals surface area contributed by atoms with Crippen LogP contribution in [0.1, 0.15) is 18.4 Å². The number of carbonyl (C=O) groups excluding carboxylic acids is 1. The molecule has 1 atom stereocenters. The summed E-state index contributed by atoms with van der Waals surface area (Å²) in [6.07, 6.45) is 7.18. The highest BCUT2D eigenvalue weighted by Crippen LogP contribution is 2.22. The van der Waals surface area contributed by atoms with Crippen molar-refractivity contribution in [1.29, 1.82) is 0 Å². The van der Waals surface area contributed by atoms with Crippen molar-refractivity contribution in [1.82, 2.24) is 30.0 Å². The minimum absolute atomic E-state index is 0.0567. The van der Waals surface area contributed by atoms with Crippen LogP contribution in [0.25, 0.3) is 5.82 Å². The molecule has 4 rings (SSSR count). The summed E-state index contributed by atoms with van der Waals surface area (Å²) in [5.74, 6) is 1.49. The molecule has 0 bridgehead atoms. The molecule has 150 valence electrons. The van der Waals surface area contributed by atoms with E-state index in [1.54, 1.807) is 11.0 Å². The first kappa shape index (κ1) is 19.3. The predicted octanol–water partition coefficient (Wildman–Crippen LogP) is 2.29. The molecule has 1 aromatic carbocycles. The number of amides is 1. The largest absolute Gasteiger partial charge is 0.356 e. The van der Waals surface area contributed by atoms with Crippen LogP contribution in [0.5, 0.6) is 0 Å². The summed E-state index contributed by atoms with van der Waals surface area (Å²) in [6.45, 7) is 2.11. The number of nitrogens with one attached hydrogen (secondary N) is 1. The minimum atomic E-state index is -0.0567. The van der Waals surface area contributed by atoms with Gasteiger partial charge in [0.05, 0.1) is 5.92 Å². The van der Waals surface area contributed by atoms with Crippen molar-refractivity contribution in [2.24, 2.45) is 5.92 Å². The highest BCUT2D eigenvalue weighted by molar-refractivity contribution is 6.30. The Hall–Kier alpha value is -3.00. The number of hydrogen-bond acceptors (Lipinski definition) is 6. The number of rotatable bonds is 6. The van der Waals surface area contributed by atoms with Gasteiger partial charge < -0.3 is 10.2 Å². The Morgan fingerprint density at radius 1 is 1.17 bits per heavy atom. The Bertz CT molecular complexity index is 946. The second-order valence-electron chi connectivity index (χ2n) is 7.03. The molecule has 1 aliphatic rings. The highest BCUT2D eigenvalue weighted by Gasteiger charge is 2.26. The molecule has 9 heteroatoms. The lowest BCUT2D eigenvalue weighted by molar-refractivity contribution is -0.125. The van der Waals surface area contributed by atoms with Crippen LogP contribution in [0.3, 0.4) is 0 Å². The van der Waals surface area contributed by atoms with Gasteiger partial charge >= 0.3 is 0 Å². The molecule has 1 fully saturated rings. The molecule has 29 heavy (non-hydrogen) atoms. The van der Waals surface area contributed by atoms with Crippen molar-refractivity contribution in [3.8, 4) is 5.82 Å². The fraction of sp³-hybridized carbons (Fsp3) is 0.350. The standard InChI is InChI=1S/C20H22ClN7O/c21-17-5-3-15(4-6-17)7-8-23-20(29)16-2-1-9-27(11-16)18-10-19(25-13-24-18)28-14-22-12-26-28/h3-6,10,12-14,16H,1-2,7-9,11H2,(H,23,29)/t16-/m0/s1. The molecule has 0 aliphatic carbocycles. The summed E-state index contributed by atoms with van der Waals surface area (Å²) in [6, 6.07) is 9.58. The van der Waals surface area contributed by atoms with Gasteiger partial charge in [-0.15, -0.1) is 0 Å². The fourth-order valence-electron chi connectivity index (χ4n) is 3.49. The summed E-state index contributed by atoms with van der Waals surface area (Å²) < 4.78 is 1.59. The lowest BCUT2D eigenvalue weighted by atomic mass is 9.97. The van der Waals surface area contributed by atoms with Gasteiger partial charge in [-0.05, 0) is 37.0 Å². The monoisotopic (exact) mass is 411 g/mol. The van der Waals surface area contributed by atoms with Gasteiger partial charge in [-0.2, -0.15) is 5.10 Å². The Balaban J connectivity index is 1.33. The van der Waals surface area contributed by atoms with E-state index < -0.39 is 0 Å². The maximum absolute atomic E-state index is 12.7. The van der Waals surface area contributed by atoms with E-state index in [0.717, 1.165) is 42.2 Å². The third-order valence-corrected chi connectivity index (χ3v) is 5.29.